The Balaban J connectivity index is 2.02. The third-order valence-corrected chi connectivity index (χ3v) is 3.92. The number of benzene rings is 2. The van der Waals surface area contributed by atoms with E-state index in [1.54, 1.807) is 31.4 Å². The van der Waals surface area contributed by atoms with E-state index in [1.807, 2.05) is 44.2 Å². The quantitative estimate of drug-likeness (QED) is 0.814. The van der Waals surface area contributed by atoms with Crippen LogP contribution in [0.5, 0.6) is 5.75 Å². The standard InChI is InChI=1S/C20H24N2O3/c1-14(2)18(22-19(23)15-9-5-4-6-10-15)20(24)21-13-16-11-7-8-12-17(16)25-3/h4-12,14,18H,13H2,1-3H3,(H,21,24)(H,22,23)/t18-/m1/s1. The fourth-order valence-corrected chi connectivity index (χ4v) is 2.49. The Morgan fingerprint density at radius 2 is 1.64 bits per heavy atom. The van der Waals surface area contributed by atoms with Gasteiger partial charge in [-0.3, -0.25) is 9.59 Å². The highest BCUT2D eigenvalue weighted by molar-refractivity contribution is 5.97. The van der Waals surface area contributed by atoms with Gasteiger partial charge >= 0.3 is 0 Å². The van der Waals surface area contributed by atoms with Gasteiger partial charge in [0, 0.05) is 17.7 Å². The molecule has 0 aromatic heterocycles. The minimum atomic E-state index is -0.609. The number of rotatable bonds is 7. The Hall–Kier alpha value is -2.82. The van der Waals surface area contributed by atoms with Gasteiger partial charge in [-0.05, 0) is 24.1 Å². The molecule has 0 unspecified atom stereocenters. The molecule has 2 N–H and O–H groups in total. The summed E-state index contributed by atoms with van der Waals surface area (Å²) in [4.78, 5) is 24.9. The molecule has 0 saturated heterocycles. The van der Waals surface area contributed by atoms with E-state index in [-0.39, 0.29) is 17.7 Å². The highest BCUT2D eigenvalue weighted by atomic mass is 16.5. The lowest BCUT2D eigenvalue weighted by atomic mass is 10.0. The Bertz CT molecular complexity index is 714. The maximum Gasteiger partial charge on any atom is 0.251 e. The molecule has 0 fully saturated rings. The topological polar surface area (TPSA) is 67.4 Å². The summed E-state index contributed by atoms with van der Waals surface area (Å²) < 4.78 is 5.29. The molecule has 132 valence electrons. The summed E-state index contributed by atoms with van der Waals surface area (Å²) in [7, 11) is 1.59. The monoisotopic (exact) mass is 340 g/mol. The van der Waals surface area contributed by atoms with Crippen molar-refractivity contribution in [1.29, 1.82) is 0 Å². The molecule has 0 aliphatic carbocycles. The van der Waals surface area contributed by atoms with E-state index in [0.29, 0.717) is 12.1 Å². The third kappa shape index (κ3) is 5.08. The van der Waals surface area contributed by atoms with Crippen molar-refractivity contribution in [2.45, 2.75) is 26.4 Å². The second-order valence-corrected chi connectivity index (χ2v) is 6.09. The van der Waals surface area contributed by atoms with Crippen molar-refractivity contribution in [3.05, 3.63) is 65.7 Å². The van der Waals surface area contributed by atoms with Crippen LogP contribution >= 0.6 is 0 Å². The van der Waals surface area contributed by atoms with E-state index in [2.05, 4.69) is 10.6 Å². The molecule has 2 aromatic carbocycles. The molecule has 0 aliphatic rings. The molecule has 0 heterocycles. The van der Waals surface area contributed by atoms with Gasteiger partial charge in [-0.2, -0.15) is 0 Å². The molecule has 0 saturated carbocycles. The summed E-state index contributed by atoms with van der Waals surface area (Å²) in [6, 6.07) is 15.8. The molecule has 2 amide bonds. The Labute approximate surface area is 148 Å². The van der Waals surface area contributed by atoms with E-state index in [0.717, 1.165) is 11.3 Å². The van der Waals surface area contributed by atoms with Crippen LogP contribution in [0.25, 0.3) is 0 Å². The van der Waals surface area contributed by atoms with Crippen LogP contribution in [0.1, 0.15) is 29.8 Å². The molecule has 1 atom stereocenters. The Morgan fingerprint density at radius 3 is 2.28 bits per heavy atom. The van der Waals surface area contributed by atoms with Crippen molar-refractivity contribution < 1.29 is 14.3 Å². The van der Waals surface area contributed by atoms with Crippen LogP contribution in [-0.4, -0.2) is 25.0 Å². The number of hydrogen-bond acceptors (Lipinski definition) is 3. The number of methoxy groups -OCH3 is 1. The Morgan fingerprint density at radius 1 is 1.00 bits per heavy atom. The smallest absolute Gasteiger partial charge is 0.251 e. The minimum absolute atomic E-state index is 0.0367. The molecular formula is C20H24N2O3. The van der Waals surface area contributed by atoms with Crippen molar-refractivity contribution in [2.24, 2.45) is 5.92 Å². The second kappa shape index (κ2) is 8.87. The zero-order chi connectivity index (χ0) is 18.2. The number of ether oxygens (including phenoxy) is 1. The largest absolute Gasteiger partial charge is 0.496 e. The maximum absolute atomic E-state index is 12.6. The SMILES string of the molecule is COc1ccccc1CNC(=O)[C@H](NC(=O)c1ccccc1)C(C)C. The van der Waals surface area contributed by atoms with E-state index in [4.69, 9.17) is 4.74 Å². The van der Waals surface area contributed by atoms with Crippen LogP contribution in [0, 0.1) is 5.92 Å². The molecule has 2 rings (SSSR count). The molecule has 25 heavy (non-hydrogen) atoms. The van der Waals surface area contributed by atoms with Crippen molar-refractivity contribution in [2.75, 3.05) is 7.11 Å². The minimum Gasteiger partial charge on any atom is -0.496 e. The van der Waals surface area contributed by atoms with Crippen LogP contribution in [0.15, 0.2) is 54.6 Å². The first kappa shape index (κ1) is 18.5. The van der Waals surface area contributed by atoms with Crippen molar-refractivity contribution >= 4 is 11.8 Å². The summed E-state index contributed by atoms with van der Waals surface area (Å²) >= 11 is 0. The molecule has 2 aromatic rings. The lowest BCUT2D eigenvalue weighted by Gasteiger charge is -2.22. The number of para-hydroxylation sites is 1. The fraction of sp³-hybridized carbons (Fsp3) is 0.300. The molecule has 0 aliphatic heterocycles. The first-order valence-electron chi connectivity index (χ1n) is 8.28. The molecule has 0 spiro atoms. The molecule has 0 radical (unpaired) electrons. The number of nitrogens with one attached hydrogen (secondary N) is 2. The van der Waals surface area contributed by atoms with Gasteiger partial charge in [0.1, 0.15) is 11.8 Å². The van der Waals surface area contributed by atoms with Gasteiger partial charge in [0.25, 0.3) is 5.91 Å². The summed E-state index contributed by atoms with van der Waals surface area (Å²) in [6.45, 7) is 4.14. The highest BCUT2D eigenvalue weighted by Gasteiger charge is 2.24. The van der Waals surface area contributed by atoms with Gasteiger partial charge in [-0.25, -0.2) is 0 Å². The van der Waals surface area contributed by atoms with Gasteiger partial charge in [-0.1, -0.05) is 50.2 Å². The van der Waals surface area contributed by atoms with Gasteiger partial charge < -0.3 is 15.4 Å². The summed E-state index contributed by atoms with van der Waals surface area (Å²) in [5.74, 6) is 0.208. The van der Waals surface area contributed by atoms with E-state index < -0.39 is 6.04 Å². The highest BCUT2D eigenvalue weighted by Crippen LogP contribution is 2.17. The predicted molar refractivity (Wildman–Crippen MR) is 97.4 cm³/mol. The Kier molecular flexibility index (Phi) is 6.57. The zero-order valence-corrected chi connectivity index (χ0v) is 14.8. The normalized spacial score (nSPS) is 11.7. The van der Waals surface area contributed by atoms with Gasteiger partial charge in [0.2, 0.25) is 5.91 Å². The van der Waals surface area contributed by atoms with Crippen LogP contribution < -0.4 is 15.4 Å². The van der Waals surface area contributed by atoms with Crippen LogP contribution in [0.2, 0.25) is 0 Å². The molecule has 5 heteroatoms. The van der Waals surface area contributed by atoms with E-state index >= 15 is 0 Å². The zero-order valence-electron chi connectivity index (χ0n) is 14.8. The average Bonchev–Trinajstić information content (AvgIpc) is 2.64. The summed E-state index contributed by atoms with van der Waals surface area (Å²) in [5.41, 5.74) is 1.42. The number of carbonyl (C=O) groups is 2. The van der Waals surface area contributed by atoms with Crippen molar-refractivity contribution in [3.8, 4) is 5.75 Å². The van der Waals surface area contributed by atoms with Crippen molar-refractivity contribution in [1.82, 2.24) is 10.6 Å². The lowest BCUT2D eigenvalue weighted by molar-refractivity contribution is -0.124. The first-order chi connectivity index (χ1) is 12.0. The first-order valence-corrected chi connectivity index (χ1v) is 8.28. The second-order valence-electron chi connectivity index (χ2n) is 6.09. The molecular weight excluding hydrogens is 316 g/mol. The number of hydrogen-bond donors (Lipinski definition) is 2. The fourth-order valence-electron chi connectivity index (χ4n) is 2.49. The number of amides is 2. The molecule has 5 nitrogen and oxygen atoms in total. The maximum atomic E-state index is 12.6. The number of carbonyl (C=O) groups excluding carboxylic acids is 2. The molecule has 0 bridgehead atoms. The summed E-state index contributed by atoms with van der Waals surface area (Å²) in [6.07, 6.45) is 0. The predicted octanol–water partition coefficient (Wildman–Crippen LogP) is 2.77. The third-order valence-electron chi connectivity index (χ3n) is 3.92. The van der Waals surface area contributed by atoms with Crippen LogP contribution in [-0.2, 0) is 11.3 Å². The van der Waals surface area contributed by atoms with Crippen LogP contribution in [0.4, 0.5) is 0 Å². The average molecular weight is 340 g/mol. The van der Waals surface area contributed by atoms with Gasteiger partial charge in [-0.15, -0.1) is 0 Å². The van der Waals surface area contributed by atoms with Crippen LogP contribution in [0.3, 0.4) is 0 Å². The van der Waals surface area contributed by atoms with E-state index in [9.17, 15) is 9.59 Å². The van der Waals surface area contributed by atoms with E-state index in [1.165, 1.54) is 0 Å². The van der Waals surface area contributed by atoms with Crippen molar-refractivity contribution in [3.63, 3.8) is 0 Å². The van der Waals surface area contributed by atoms with Gasteiger partial charge in [0.05, 0.1) is 7.11 Å². The van der Waals surface area contributed by atoms with Gasteiger partial charge in [0.15, 0.2) is 0 Å². The lowest BCUT2D eigenvalue weighted by Crippen LogP contribution is -2.49. The summed E-state index contributed by atoms with van der Waals surface area (Å²) in [5, 5.41) is 5.69.